The number of carbonyl (C=O) groups is 3. The second-order valence-corrected chi connectivity index (χ2v) is 5.11. The summed E-state index contributed by atoms with van der Waals surface area (Å²) >= 11 is 0. The van der Waals surface area contributed by atoms with E-state index >= 15 is 0 Å². The Labute approximate surface area is 118 Å². The average molecular weight is 290 g/mol. The van der Waals surface area contributed by atoms with Crippen LogP contribution in [0.5, 0.6) is 0 Å². The molecule has 0 fully saturated rings. The van der Waals surface area contributed by atoms with Crippen molar-refractivity contribution in [1.82, 2.24) is 0 Å². The van der Waals surface area contributed by atoms with E-state index in [2.05, 4.69) is 0 Å². The number of aliphatic carboxylic acids is 1. The van der Waals surface area contributed by atoms with Gasteiger partial charge < -0.3 is 19.3 Å². The molecule has 20 heavy (non-hydrogen) atoms. The van der Waals surface area contributed by atoms with Crippen LogP contribution in [0.2, 0.25) is 0 Å². The predicted octanol–water partition coefficient (Wildman–Crippen LogP) is 1.14. The minimum atomic E-state index is -1.08. The molecule has 0 unspecified atom stereocenters. The van der Waals surface area contributed by atoms with Crippen molar-refractivity contribution < 1.29 is 33.7 Å². The van der Waals surface area contributed by atoms with Gasteiger partial charge in [-0.1, -0.05) is 0 Å². The molecule has 0 amide bonds. The molecule has 0 spiro atoms. The highest BCUT2D eigenvalue weighted by Crippen LogP contribution is 2.10. The Kier molecular flexibility index (Phi) is 8.54. The normalized spacial score (nSPS) is 10.9. The number of carboxylic acids is 1. The van der Waals surface area contributed by atoms with E-state index in [0.29, 0.717) is 6.42 Å². The lowest BCUT2D eigenvalue weighted by molar-refractivity contribution is -0.155. The largest absolute Gasteiger partial charge is 0.480 e. The second-order valence-electron chi connectivity index (χ2n) is 5.11. The van der Waals surface area contributed by atoms with Crippen molar-refractivity contribution in [3.8, 4) is 0 Å². The Morgan fingerprint density at radius 3 is 2.15 bits per heavy atom. The summed E-state index contributed by atoms with van der Waals surface area (Å²) in [5, 5.41) is 8.29. The van der Waals surface area contributed by atoms with Crippen LogP contribution in [0.3, 0.4) is 0 Å². The van der Waals surface area contributed by atoms with Gasteiger partial charge in [-0.15, -0.1) is 0 Å². The van der Waals surface area contributed by atoms with Gasteiger partial charge >= 0.3 is 17.9 Å². The number of hydrogen-bond acceptors (Lipinski definition) is 6. The molecule has 1 N–H and O–H groups in total. The molecular formula is C13H22O7. The van der Waals surface area contributed by atoms with E-state index in [4.69, 9.17) is 19.3 Å². The molecule has 0 radical (unpaired) electrons. The van der Waals surface area contributed by atoms with E-state index in [1.165, 1.54) is 0 Å². The fourth-order valence-corrected chi connectivity index (χ4v) is 1.22. The molecule has 0 aliphatic rings. The fourth-order valence-electron chi connectivity index (χ4n) is 1.22. The highest BCUT2D eigenvalue weighted by molar-refractivity contribution is 5.72. The van der Waals surface area contributed by atoms with Gasteiger partial charge in [0.25, 0.3) is 0 Å². The molecule has 0 rings (SSSR count). The molecule has 116 valence electrons. The number of carboxylic acid groups (broad SMARTS) is 1. The molecular weight excluding hydrogens is 268 g/mol. The third-order valence-electron chi connectivity index (χ3n) is 1.90. The highest BCUT2D eigenvalue weighted by atomic mass is 16.6. The molecule has 0 heterocycles. The molecule has 0 aliphatic heterocycles. The van der Waals surface area contributed by atoms with Crippen molar-refractivity contribution in [1.29, 1.82) is 0 Å². The molecule has 7 heteroatoms. The Balaban J connectivity index is 3.54. The van der Waals surface area contributed by atoms with Gasteiger partial charge in [0.2, 0.25) is 0 Å². The average Bonchev–Trinajstić information content (AvgIpc) is 2.25. The zero-order chi connectivity index (χ0) is 15.6. The summed E-state index contributed by atoms with van der Waals surface area (Å²) in [6, 6.07) is 0. The summed E-state index contributed by atoms with van der Waals surface area (Å²) in [5.74, 6) is -1.88. The third kappa shape index (κ3) is 12.8. The first kappa shape index (κ1) is 18.4. The summed E-state index contributed by atoms with van der Waals surface area (Å²) in [6.45, 7) is 4.93. The molecule has 0 aliphatic carbocycles. The fraction of sp³-hybridized carbons (Fsp3) is 0.769. The van der Waals surface area contributed by atoms with E-state index in [1.807, 2.05) is 0 Å². The van der Waals surface area contributed by atoms with Crippen LogP contribution in [0.25, 0.3) is 0 Å². The maximum Gasteiger partial charge on any atom is 0.329 e. The topological polar surface area (TPSA) is 99.1 Å². The maximum atomic E-state index is 11.4. The lowest BCUT2D eigenvalue weighted by Crippen LogP contribution is -2.23. The quantitative estimate of drug-likeness (QED) is 0.502. The molecule has 0 aromatic rings. The van der Waals surface area contributed by atoms with E-state index < -0.39 is 24.1 Å². The van der Waals surface area contributed by atoms with Crippen LogP contribution in [0.1, 0.15) is 40.0 Å². The molecule has 0 saturated heterocycles. The number of ether oxygens (including phenoxy) is 3. The standard InChI is InChI=1S/C13H22O7/c1-13(2,3)20-12(17)6-4-5-11(16)19-8-7-18-9-10(14)15/h4-9H2,1-3H3,(H,14,15). The van der Waals surface area contributed by atoms with Gasteiger partial charge in [-0.05, 0) is 27.2 Å². The highest BCUT2D eigenvalue weighted by Gasteiger charge is 2.16. The molecule has 0 bridgehead atoms. The van der Waals surface area contributed by atoms with Crippen LogP contribution in [-0.2, 0) is 28.6 Å². The second kappa shape index (κ2) is 9.30. The van der Waals surface area contributed by atoms with Crippen LogP contribution in [0.4, 0.5) is 0 Å². The van der Waals surface area contributed by atoms with Gasteiger partial charge in [0.1, 0.15) is 18.8 Å². The Morgan fingerprint density at radius 2 is 1.60 bits per heavy atom. The molecule has 0 aromatic carbocycles. The van der Waals surface area contributed by atoms with Gasteiger partial charge in [0.15, 0.2) is 0 Å². The van der Waals surface area contributed by atoms with Gasteiger partial charge in [0, 0.05) is 12.8 Å². The number of carbonyl (C=O) groups excluding carboxylic acids is 2. The molecule has 0 aromatic heterocycles. The van der Waals surface area contributed by atoms with E-state index in [1.54, 1.807) is 20.8 Å². The Morgan fingerprint density at radius 1 is 1.00 bits per heavy atom. The van der Waals surface area contributed by atoms with Gasteiger partial charge in [-0.25, -0.2) is 4.79 Å². The van der Waals surface area contributed by atoms with E-state index in [-0.39, 0.29) is 32.0 Å². The monoisotopic (exact) mass is 290 g/mol. The van der Waals surface area contributed by atoms with Crippen molar-refractivity contribution in [3.05, 3.63) is 0 Å². The first-order valence-electron chi connectivity index (χ1n) is 6.38. The lowest BCUT2D eigenvalue weighted by Gasteiger charge is -2.19. The summed E-state index contributed by atoms with van der Waals surface area (Å²) in [4.78, 5) is 32.7. The van der Waals surface area contributed by atoms with Crippen molar-refractivity contribution in [3.63, 3.8) is 0 Å². The minimum Gasteiger partial charge on any atom is -0.480 e. The van der Waals surface area contributed by atoms with Crippen LogP contribution >= 0.6 is 0 Å². The predicted molar refractivity (Wildman–Crippen MR) is 69.1 cm³/mol. The number of esters is 2. The maximum absolute atomic E-state index is 11.4. The number of rotatable bonds is 9. The summed E-state index contributed by atoms with van der Waals surface area (Å²) in [5.41, 5.74) is -0.529. The van der Waals surface area contributed by atoms with Crippen LogP contribution in [-0.4, -0.2) is 48.4 Å². The molecule has 0 atom stereocenters. The minimum absolute atomic E-state index is 0.00144. The van der Waals surface area contributed by atoms with Crippen molar-refractivity contribution >= 4 is 17.9 Å². The van der Waals surface area contributed by atoms with Gasteiger partial charge in [-0.2, -0.15) is 0 Å². The first-order chi connectivity index (χ1) is 9.20. The Hall–Kier alpha value is -1.63. The van der Waals surface area contributed by atoms with E-state index in [0.717, 1.165) is 0 Å². The number of hydrogen-bond donors (Lipinski definition) is 1. The lowest BCUT2D eigenvalue weighted by atomic mass is 10.2. The smallest absolute Gasteiger partial charge is 0.329 e. The van der Waals surface area contributed by atoms with Crippen molar-refractivity contribution in [2.24, 2.45) is 0 Å². The third-order valence-corrected chi connectivity index (χ3v) is 1.90. The molecule has 7 nitrogen and oxygen atoms in total. The summed E-state index contributed by atoms with van der Waals surface area (Å²) in [6.07, 6.45) is 0.615. The van der Waals surface area contributed by atoms with Crippen LogP contribution in [0, 0.1) is 0 Å². The van der Waals surface area contributed by atoms with E-state index in [9.17, 15) is 14.4 Å². The summed E-state index contributed by atoms with van der Waals surface area (Å²) < 4.78 is 14.6. The van der Waals surface area contributed by atoms with Crippen LogP contribution < -0.4 is 0 Å². The molecule has 0 saturated carbocycles. The summed E-state index contributed by atoms with van der Waals surface area (Å²) in [7, 11) is 0. The first-order valence-corrected chi connectivity index (χ1v) is 6.38. The Bertz CT molecular complexity index is 330. The zero-order valence-corrected chi connectivity index (χ0v) is 12.1. The van der Waals surface area contributed by atoms with Gasteiger partial charge in [-0.3, -0.25) is 9.59 Å². The zero-order valence-electron chi connectivity index (χ0n) is 12.1. The van der Waals surface area contributed by atoms with Crippen molar-refractivity contribution in [2.45, 2.75) is 45.6 Å². The van der Waals surface area contributed by atoms with Crippen LogP contribution in [0.15, 0.2) is 0 Å². The van der Waals surface area contributed by atoms with Crippen molar-refractivity contribution in [2.75, 3.05) is 19.8 Å². The SMILES string of the molecule is CC(C)(C)OC(=O)CCCC(=O)OCCOCC(=O)O. The van der Waals surface area contributed by atoms with Gasteiger partial charge in [0.05, 0.1) is 6.61 Å².